The number of hydrogen-bond donors (Lipinski definition) is 6. The van der Waals surface area contributed by atoms with E-state index in [2.05, 4.69) is 23.6 Å². The number of nitrogens with zero attached hydrogens (tertiary/aromatic N) is 2. The van der Waals surface area contributed by atoms with E-state index in [9.17, 15) is 20.4 Å². The molecular weight excluding hydrogens is 624 g/mol. The molecular formula is C42H90N4O4. The SMILES string of the molecule is CCCCCCCCCCCCCCCCN(CC(O)CN)C(C(O)C(C)O)N(CCCCCCCCCCCCCCCC)CC(O)CN. The second-order valence-corrected chi connectivity index (χ2v) is 15.6. The van der Waals surface area contributed by atoms with Gasteiger partial charge in [-0.1, -0.05) is 181 Å². The molecule has 0 aromatic heterocycles. The molecule has 0 bridgehead atoms. The maximum Gasteiger partial charge on any atom is 0.108 e. The summed E-state index contributed by atoms with van der Waals surface area (Å²) in [4.78, 5) is 4.20. The van der Waals surface area contributed by atoms with Gasteiger partial charge in [-0.3, -0.25) is 9.80 Å². The van der Waals surface area contributed by atoms with Crippen molar-refractivity contribution >= 4 is 0 Å². The van der Waals surface area contributed by atoms with Crippen molar-refractivity contribution in [1.29, 1.82) is 0 Å². The van der Waals surface area contributed by atoms with Gasteiger partial charge in [-0.2, -0.15) is 0 Å². The first-order valence-corrected chi connectivity index (χ1v) is 21.9. The first-order valence-electron chi connectivity index (χ1n) is 21.9. The monoisotopic (exact) mass is 715 g/mol. The number of unbranched alkanes of at least 4 members (excludes halogenated alkanes) is 26. The Morgan fingerprint density at radius 1 is 0.400 bits per heavy atom. The van der Waals surface area contributed by atoms with E-state index in [-0.39, 0.29) is 13.1 Å². The van der Waals surface area contributed by atoms with Crippen LogP contribution in [-0.4, -0.2) is 100 Å². The van der Waals surface area contributed by atoms with Crippen LogP contribution in [0, 0.1) is 0 Å². The molecule has 8 nitrogen and oxygen atoms in total. The average Bonchev–Trinajstić information content (AvgIpc) is 3.11. The normalized spacial score (nSPS) is 15.2. The highest BCUT2D eigenvalue weighted by Crippen LogP contribution is 2.20. The lowest BCUT2D eigenvalue weighted by Crippen LogP contribution is -2.61. The summed E-state index contributed by atoms with van der Waals surface area (Å²) in [5.41, 5.74) is 11.7. The number of nitrogens with two attached hydrogens (primary N) is 2. The Morgan fingerprint density at radius 2 is 0.640 bits per heavy atom. The zero-order valence-electron chi connectivity index (χ0n) is 33.8. The minimum atomic E-state index is -1.05. The summed E-state index contributed by atoms with van der Waals surface area (Å²) in [6.07, 6.45) is 32.1. The van der Waals surface area contributed by atoms with E-state index in [0.717, 1.165) is 25.7 Å². The Bertz CT molecular complexity index is 626. The second-order valence-electron chi connectivity index (χ2n) is 15.6. The maximum atomic E-state index is 11.4. The lowest BCUT2D eigenvalue weighted by Gasteiger charge is -2.44. The first kappa shape index (κ1) is 49.7. The smallest absolute Gasteiger partial charge is 0.108 e. The van der Waals surface area contributed by atoms with Crippen LogP contribution >= 0.6 is 0 Å². The van der Waals surface area contributed by atoms with Crippen molar-refractivity contribution in [2.75, 3.05) is 39.3 Å². The standard InChI is InChI=1S/C42H90N4O4/c1-4-6-8-10-12-14-16-18-20-22-24-26-28-30-32-45(36-39(48)34-43)42(41(50)38(3)47)46(37-40(49)35-44)33-31-29-27-25-23-21-19-17-15-13-11-9-7-5-2/h38-42,47-50H,4-37,43-44H2,1-3H3. The number of hydrogen-bond acceptors (Lipinski definition) is 8. The van der Waals surface area contributed by atoms with Gasteiger partial charge in [0.25, 0.3) is 0 Å². The lowest BCUT2D eigenvalue weighted by atomic mass is 10.0. The van der Waals surface area contributed by atoms with Crippen LogP contribution in [0.5, 0.6) is 0 Å². The van der Waals surface area contributed by atoms with Gasteiger partial charge in [0.05, 0.1) is 24.5 Å². The molecule has 0 saturated heterocycles. The number of aliphatic hydroxyl groups is 4. The van der Waals surface area contributed by atoms with Crippen LogP contribution in [0.2, 0.25) is 0 Å². The van der Waals surface area contributed by atoms with E-state index in [1.54, 1.807) is 6.92 Å². The van der Waals surface area contributed by atoms with Gasteiger partial charge in [-0.15, -0.1) is 0 Å². The Balaban J connectivity index is 4.86. The van der Waals surface area contributed by atoms with Crippen LogP contribution in [0.1, 0.15) is 201 Å². The molecule has 0 aliphatic rings. The molecule has 8 heteroatoms. The topological polar surface area (TPSA) is 139 Å². The summed E-state index contributed by atoms with van der Waals surface area (Å²) in [7, 11) is 0. The van der Waals surface area contributed by atoms with E-state index >= 15 is 0 Å². The summed E-state index contributed by atoms with van der Waals surface area (Å²) >= 11 is 0. The molecule has 4 atom stereocenters. The third-order valence-corrected chi connectivity index (χ3v) is 10.6. The van der Waals surface area contributed by atoms with E-state index in [0.29, 0.717) is 26.2 Å². The molecule has 0 aliphatic carbocycles. The van der Waals surface area contributed by atoms with Crippen LogP contribution in [-0.2, 0) is 0 Å². The van der Waals surface area contributed by atoms with Gasteiger partial charge < -0.3 is 31.9 Å². The largest absolute Gasteiger partial charge is 0.391 e. The van der Waals surface area contributed by atoms with Crippen LogP contribution < -0.4 is 11.5 Å². The molecule has 0 rings (SSSR count). The maximum absolute atomic E-state index is 11.4. The van der Waals surface area contributed by atoms with E-state index in [1.165, 1.54) is 154 Å². The summed E-state index contributed by atoms with van der Waals surface area (Å²) < 4.78 is 0. The van der Waals surface area contributed by atoms with Gasteiger partial charge in [0.1, 0.15) is 6.10 Å². The summed E-state index contributed by atoms with van der Waals surface area (Å²) in [6.45, 7) is 8.45. The molecule has 0 radical (unpaired) electrons. The molecule has 8 N–H and O–H groups in total. The van der Waals surface area contributed by atoms with Gasteiger partial charge in [-0.05, 0) is 32.9 Å². The van der Waals surface area contributed by atoms with Crippen molar-refractivity contribution in [2.24, 2.45) is 11.5 Å². The molecule has 0 spiro atoms. The lowest BCUT2D eigenvalue weighted by molar-refractivity contribution is -0.108. The Kier molecular flexibility index (Phi) is 36.8. The summed E-state index contributed by atoms with van der Waals surface area (Å²) in [6, 6.07) is 0. The number of aliphatic hydroxyl groups excluding tert-OH is 4. The predicted molar refractivity (Wildman–Crippen MR) is 215 cm³/mol. The molecule has 0 aromatic rings. The van der Waals surface area contributed by atoms with Gasteiger partial charge in [0.2, 0.25) is 0 Å². The van der Waals surface area contributed by atoms with Crippen molar-refractivity contribution in [2.45, 2.75) is 231 Å². The fraction of sp³-hybridized carbons (Fsp3) is 1.00. The highest BCUT2D eigenvalue weighted by molar-refractivity contribution is 4.86. The van der Waals surface area contributed by atoms with Crippen LogP contribution in [0.4, 0.5) is 0 Å². The minimum Gasteiger partial charge on any atom is -0.391 e. The quantitative estimate of drug-likeness (QED) is 0.0276. The van der Waals surface area contributed by atoms with Crippen molar-refractivity contribution < 1.29 is 20.4 Å². The zero-order chi connectivity index (χ0) is 37.1. The molecule has 0 amide bonds. The Hall–Kier alpha value is -0.320. The van der Waals surface area contributed by atoms with Crippen molar-refractivity contribution in [1.82, 2.24) is 9.80 Å². The molecule has 0 fully saturated rings. The van der Waals surface area contributed by atoms with Crippen LogP contribution in [0.25, 0.3) is 0 Å². The number of rotatable bonds is 40. The van der Waals surface area contributed by atoms with E-state index in [1.807, 2.05) is 0 Å². The molecule has 4 unspecified atom stereocenters. The Morgan fingerprint density at radius 3 is 0.860 bits per heavy atom. The van der Waals surface area contributed by atoms with E-state index in [4.69, 9.17) is 11.5 Å². The zero-order valence-corrected chi connectivity index (χ0v) is 33.8. The molecule has 0 saturated carbocycles. The third-order valence-electron chi connectivity index (χ3n) is 10.6. The van der Waals surface area contributed by atoms with Gasteiger partial charge in [-0.25, -0.2) is 0 Å². The summed E-state index contributed by atoms with van der Waals surface area (Å²) in [5, 5.41) is 43.2. The molecule has 0 aromatic carbocycles. The van der Waals surface area contributed by atoms with Crippen molar-refractivity contribution in [3.63, 3.8) is 0 Å². The van der Waals surface area contributed by atoms with Crippen LogP contribution in [0.3, 0.4) is 0 Å². The van der Waals surface area contributed by atoms with Gasteiger partial charge in [0, 0.05) is 26.2 Å². The molecule has 0 heterocycles. The predicted octanol–water partition coefficient (Wildman–Crippen LogP) is 8.26. The van der Waals surface area contributed by atoms with Gasteiger partial charge in [0.15, 0.2) is 0 Å². The highest BCUT2D eigenvalue weighted by Gasteiger charge is 2.35. The van der Waals surface area contributed by atoms with Gasteiger partial charge >= 0.3 is 0 Å². The van der Waals surface area contributed by atoms with E-state index < -0.39 is 30.6 Å². The Labute approximate surface area is 311 Å². The molecule has 50 heavy (non-hydrogen) atoms. The fourth-order valence-electron chi connectivity index (χ4n) is 7.28. The molecule has 0 aliphatic heterocycles. The second kappa shape index (κ2) is 37.0. The fourth-order valence-corrected chi connectivity index (χ4v) is 7.28. The molecule has 302 valence electrons. The third kappa shape index (κ3) is 29.2. The highest BCUT2D eigenvalue weighted by atomic mass is 16.3. The minimum absolute atomic E-state index is 0.136. The first-order chi connectivity index (χ1) is 24.3. The van der Waals surface area contributed by atoms with Crippen molar-refractivity contribution in [3.8, 4) is 0 Å². The van der Waals surface area contributed by atoms with Crippen molar-refractivity contribution in [3.05, 3.63) is 0 Å². The average molecular weight is 715 g/mol. The summed E-state index contributed by atoms with van der Waals surface area (Å²) in [5.74, 6) is 0. The van der Waals surface area contributed by atoms with Crippen LogP contribution in [0.15, 0.2) is 0 Å².